The largest absolute Gasteiger partial charge is 0.383 e. The first-order valence-corrected chi connectivity index (χ1v) is 10.4. The molecule has 1 unspecified atom stereocenters. The number of anilines is 2. The van der Waals surface area contributed by atoms with Crippen LogP contribution in [0.5, 0.6) is 0 Å². The summed E-state index contributed by atoms with van der Waals surface area (Å²) in [5.74, 6) is -0.388. The van der Waals surface area contributed by atoms with Crippen LogP contribution in [-0.4, -0.2) is 55.0 Å². The number of nitrogens with one attached hydrogen (secondary N) is 2. The Hall–Kier alpha value is -2.16. The van der Waals surface area contributed by atoms with E-state index in [1.54, 1.807) is 23.5 Å². The summed E-state index contributed by atoms with van der Waals surface area (Å²) in [5.41, 5.74) is 1.11. The van der Waals surface area contributed by atoms with Crippen LogP contribution < -0.4 is 10.6 Å². The second-order valence-electron chi connectivity index (χ2n) is 6.52. The lowest BCUT2D eigenvalue weighted by Gasteiger charge is -2.31. The molecule has 1 saturated heterocycles. The van der Waals surface area contributed by atoms with Crippen molar-refractivity contribution in [3.63, 3.8) is 0 Å². The number of halogens is 1. The molecule has 2 aromatic rings. The van der Waals surface area contributed by atoms with E-state index < -0.39 is 0 Å². The van der Waals surface area contributed by atoms with Crippen LogP contribution in [0.25, 0.3) is 0 Å². The summed E-state index contributed by atoms with van der Waals surface area (Å²) in [7, 11) is 1.59. The maximum Gasteiger partial charge on any atom is 0.273 e. The fourth-order valence-electron chi connectivity index (χ4n) is 3.07. The molecule has 1 aliphatic heterocycles. The Kier molecular flexibility index (Phi) is 7.24. The van der Waals surface area contributed by atoms with Crippen molar-refractivity contribution in [3.8, 4) is 0 Å². The van der Waals surface area contributed by atoms with E-state index in [1.165, 1.54) is 11.3 Å². The third kappa shape index (κ3) is 5.21. The predicted octanol–water partition coefficient (Wildman–Crippen LogP) is 3.15. The van der Waals surface area contributed by atoms with E-state index in [-0.39, 0.29) is 17.7 Å². The summed E-state index contributed by atoms with van der Waals surface area (Å²) in [6.07, 6.45) is 1.57. The zero-order valence-electron chi connectivity index (χ0n) is 15.6. The molecule has 1 aromatic carbocycles. The maximum absolute atomic E-state index is 12.8. The van der Waals surface area contributed by atoms with Crippen LogP contribution in [0.2, 0.25) is 5.02 Å². The van der Waals surface area contributed by atoms with Gasteiger partial charge < -0.3 is 20.3 Å². The van der Waals surface area contributed by atoms with Crippen molar-refractivity contribution in [1.82, 2.24) is 15.2 Å². The van der Waals surface area contributed by atoms with Crippen LogP contribution in [0.15, 0.2) is 29.6 Å². The summed E-state index contributed by atoms with van der Waals surface area (Å²) in [5, 5.41) is 8.90. The molecular weight excluding hydrogens is 400 g/mol. The van der Waals surface area contributed by atoms with E-state index >= 15 is 0 Å². The number of ether oxygens (including phenoxy) is 1. The number of amides is 2. The highest BCUT2D eigenvalue weighted by molar-refractivity contribution is 7.14. The number of piperidine rings is 1. The summed E-state index contributed by atoms with van der Waals surface area (Å²) in [4.78, 5) is 31.2. The molecule has 28 heavy (non-hydrogen) atoms. The molecular formula is C19H23ClN4O3S. The highest BCUT2D eigenvalue weighted by atomic mass is 35.5. The summed E-state index contributed by atoms with van der Waals surface area (Å²) in [6, 6.07) is 7.36. The highest BCUT2D eigenvalue weighted by Gasteiger charge is 2.29. The molecule has 1 aliphatic rings. The van der Waals surface area contributed by atoms with Gasteiger partial charge in [-0.25, -0.2) is 4.98 Å². The molecule has 0 aliphatic carbocycles. The highest BCUT2D eigenvalue weighted by Crippen LogP contribution is 2.27. The average Bonchev–Trinajstić information content (AvgIpc) is 3.18. The van der Waals surface area contributed by atoms with Crippen LogP contribution in [0, 0.1) is 5.92 Å². The Labute approximate surface area is 173 Å². The minimum atomic E-state index is -0.200. The van der Waals surface area contributed by atoms with Gasteiger partial charge in [0.25, 0.3) is 5.91 Å². The number of carbonyl (C=O) groups is 2. The van der Waals surface area contributed by atoms with Crippen LogP contribution in [-0.2, 0) is 9.53 Å². The Bertz CT molecular complexity index is 829. The second kappa shape index (κ2) is 9.86. The number of methoxy groups -OCH3 is 1. The number of benzene rings is 1. The van der Waals surface area contributed by atoms with E-state index in [2.05, 4.69) is 15.6 Å². The van der Waals surface area contributed by atoms with Crippen molar-refractivity contribution in [3.05, 3.63) is 40.4 Å². The summed E-state index contributed by atoms with van der Waals surface area (Å²) >= 11 is 7.49. The molecule has 2 amide bonds. The van der Waals surface area contributed by atoms with Gasteiger partial charge in [-0.15, -0.1) is 11.3 Å². The number of likely N-dealkylation sites (tertiary alicyclic amines) is 1. The number of hydrogen-bond donors (Lipinski definition) is 2. The van der Waals surface area contributed by atoms with Crippen molar-refractivity contribution >= 4 is 45.6 Å². The maximum atomic E-state index is 12.8. The molecule has 7 nitrogen and oxygen atoms in total. The van der Waals surface area contributed by atoms with Crippen molar-refractivity contribution in [2.75, 3.05) is 38.7 Å². The standard InChI is InChI=1S/C19H23ClN4O3S/c1-27-10-8-21-17(25)13-5-4-9-24(11-13)18(26)16-12-28-19(23-16)22-15-7-3-2-6-14(15)20/h2-3,6-7,12-13H,4-5,8-11H2,1H3,(H,21,25)(H,22,23). The molecule has 0 bridgehead atoms. The number of aromatic nitrogens is 1. The minimum Gasteiger partial charge on any atom is -0.383 e. The molecule has 150 valence electrons. The molecule has 2 heterocycles. The number of para-hydroxylation sites is 1. The Morgan fingerprint density at radius 3 is 3.00 bits per heavy atom. The lowest BCUT2D eigenvalue weighted by molar-refractivity contribution is -0.126. The summed E-state index contributed by atoms with van der Waals surface area (Å²) < 4.78 is 4.95. The average molecular weight is 423 g/mol. The van der Waals surface area contributed by atoms with Crippen molar-refractivity contribution in [2.45, 2.75) is 12.8 Å². The zero-order chi connectivity index (χ0) is 19.9. The monoisotopic (exact) mass is 422 g/mol. The van der Waals surface area contributed by atoms with Gasteiger partial charge in [-0.2, -0.15) is 0 Å². The first-order chi connectivity index (χ1) is 13.6. The third-order valence-electron chi connectivity index (χ3n) is 4.52. The van der Waals surface area contributed by atoms with Crippen LogP contribution in [0.3, 0.4) is 0 Å². The van der Waals surface area contributed by atoms with E-state index in [9.17, 15) is 9.59 Å². The van der Waals surface area contributed by atoms with E-state index in [4.69, 9.17) is 16.3 Å². The van der Waals surface area contributed by atoms with Crippen molar-refractivity contribution < 1.29 is 14.3 Å². The van der Waals surface area contributed by atoms with E-state index in [0.29, 0.717) is 42.1 Å². The zero-order valence-corrected chi connectivity index (χ0v) is 17.2. The topological polar surface area (TPSA) is 83.6 Å². The Balaban J connectivity index is 1.60. The first kappa shape index (κ1) is 20.6. The van der Waals surface area contributed by atoms with Gasteiger partial charge in [-0.1, -0.05) is 23.7 Å². The molecule has 0 saturated carbocycles. The molecule has 1 atom stereocenters. The second-order valence-corrected chi connectivity index (χ2v) is 7.78. The van der Waals surface area contributed by atoms with Crippen molar-refractivity contribution in [1.29, 1.82) is 0 Å². The lowest BCUT2D eigenvalue weighted by Crippen LogP contribution is -2.46. The van der Waals surface area contributed by atoms with Gasteiger partial charge in [0.05, 0.1) is 23.2 Å². The number of nitrogens with zero attached hydrogens (tertiary/aromatic N) is 2. The molecule has 1 aromatic heterocycles. The van der Waals surface area contributed by atoms with Gasteiger partial charge in [0.2, 0.25) is 5.91 Å². The fraction of sp³-hybridized carbons (Fsp3) is 0.421. The van der Waals surface area contributed by atoms with Gasteiger partial charge >= 0.3 is 0 Å². The molecule has 9 heteroatoms. The van der Waals surface area contributed by atoms with Crippen LogP contribution >= 0.6 is 22.9 Å². The summed E-state index contributed by atoms with van der Waals surface area (Å²) in [6.45, 7) is 1.98. The lowest BCUT2D eigenvalue weighted by atomic mass is 9.97. The minimum absolute atomic E-state index is 0.0334. The molecule has 0 spiro atoms. The van der Waals surface area contributed by atoms with Gasteiger partial charge in [-0.3, -0.25) is 9.59 Å². The smallest absolute Gasteiger partial charge is 0.273 e. The number of thiazole rings is 1. The molecule has 2 N–H and O–H groups in total. The molecule has 3 rings (SSSR count). The van der Waals surface area contributed by atoms with E-state index in [0.717, 1.165) is 18.5 Å². The number of carbonyl (C=O) groups excluding carboxylic acids is 2. The first-order valence-electron chi connectivity index (χ1n) is 9.11. The Morgan fingerprint density at radius 2 is 2.21 bits per heavy atom. The van der Waals surface area contributed by atoms with Crippen molar-refractivity contribution in [2.24, 2.45) is 5.92 Å². The fourth-order valence-corrected chi connectivity index (χ4v) is 3.95. The van der Waals surface area contributed by atoms with Gasteiger partial charge in [0.1, 0.15) is 5.69 Å². The SMILES string of the molecule is COCCNC(=O)C1CCCN(C(=O)c2csc(Nc3ccccc3Cl)n2)C1. The number of rotatable bonds is 7. The quantitative estimate of drug-likeness (QED) is 0.669. The molecule has 0 radical (unpaired) electrons. The van der Waals surface area contributed by atoms with Gasteiger partial charge in [-0.05, 0) is 25.0 Å². The molecule has 1 fully saturated rings. The Morgan fingerprint density at radius 1 is 1.39 bits per heavy atom. The van der Waals surface area contributed by atoms with Gasteiger partial charge in [0.15, 0.2) is 5.13 Å². The third-order valence-corrected chi connectivity index (χ3v) is 5.61. The predicted molar refractivity (Wildman–Crippen MR) is 110 cm³/mol. The van der Waals surface area contributed by atoms with Crippen LogP contribution in [0.1, 0.15) is 23.3 Å². The number of hydrogen-bond acceptors (Lipinski definition) is 6. The normalized spacial score (nSPS) is 16.6. The van der Waals surface area contributed by atoms with Gasteiger partial charge in [0, 0.05) is 32.1 Å². The van der Waals surface area contributed by atoms with Crippen LogP contribution in [0.4, 0.5) is 10.8 Å². The van der Waals surface area contributed by atoms with E-state index in [1.807, 2.05) is 18.2 Å².